The van der Waals surface area contributed by atoms with E-state index in [-0.39, 0.29) is 0 Å². The molecule has 1 aliphatic rings. The van der Waals surface area contributed by atoms with Crippen LogP contribution in [0.25, 0.3) is 0 Å². The van der Waals surface area contributed by atoms with Crippen LogP contribution in [0.15, 0.2) is 30.3 Å². The zero-order valence-electron chi connectivity index (χ0n) is 9.26. The van der Waals surface area contributed by atoms with E-state index >= 15 is 0 Å². The lowest BCUT2D eigenvalue weighted by atomic mass is 9.90. The standard InChI is InChI=1S/C13H19NO/c1-14-8-12(13(9-14)10-15)7-11-5-3-2-4-6-11/h2-6,12-13,15H,7-10H2,1H3/t12-,13?/m0/s1. The molecule has 1 aliphatic heterocycles. The minimum absolute atomic E-state index is 0.321. The Morgan fingerprint density at radius 3 is 2.53 bits per heavy atom. The summed E-state index contributed by atoms with van der Waals surface area (Å²) in [5.41, 5.74) is 1.39. The van der Waals surface area contributed by atoms with Crippen LogP contribution < -0.4 is 0 Å². The summed E-state index contributed by atoms with van der Waals surface area (Å²) >= 11 is 0. The number of aliphatic hydroxyl groups excluding tert-OH is 1. The zero-order valence-corrected chi connectivity index (χ0v) is 9.26. The van der Waals surface area contributed by atoms with Gasteiger partial charge in [0.1, 0.15) is 0 Å². The highest BCUT2D eigenvalue weighted by molar-refractivity contribution is 5.15. The molecular weight excluding hydrogens is 186 g/mol. The molecule has 1 unspecified atom stereocenters. The quantitative estimate of drug-likeness (QED) is 0.806. The van der Waals surface area contributed by atoms with E-state index in [0.29, 0.717) is 18.4 Å². The minimum Gasteiger partial charge on any atom is -0.396 e. The fourth-order valence-corrected chi connectivity index (χ4v) is 2.53. The monoisotopic (exact) mass is 205 g/mol. The van der Waals surface area contributed by atoms with Gasteiger partial charge in [0.2, 0.25) is 0 Å². The molecular formula is C13H19NO. The molecule has 0 amide bonds. The molecule has 0 aromatic heterocycles. The molecule has 0 bridgehead atoms. The summed E-state index contributed by atoms with van der Waals surface area (Å²) in [6.45, 7) is 2.47. The number of hydrogen-bond acceptors (Lipinski definition) is 2. The molecule has 1 aromatic carbocycles. The largest absolute Gasteiger partial charge is 0.396 e. The first-order valence-electron chi connectivity index (χ1n) is 5.63. The summed E-state index contributed by atoms with van der Waals surface area (Å²) in [7, 11) is 2.13. The third-order valence-electron chi connectivity index (χ3n) is 3.33. The molecule has 1 fully saturated rings. The molecule has 1 saturated heterocycles. The van der Waals surface area contributed by atoms with Crippen LogP contribution in [-0.2, 0) is 6.42 Å². The van der Waals surface area contributed by atoms with Gasteiger partial charge < -0.3 is 10.0 Å². The van der Waals surface area contributed by atoms with Crippen LogP contribution in [0.3, 0.4) is 0 Å². The van der Waals surface area contributed by atoms with Crippen molar-refractivity contribution in [3.63, 3.8) is 0 Å². The molecule has 0 spiro atoms. The smallest absolute Gasteiger partial charge is 0.0474 e. The van der Waals surface area contributed by atoms with Gasteiger partial charge in [0.05, 0.1) is 0 Å². The third kappa shape index (κ3) is 2.58. The summed E-state index contributed by atoms with van der Waals surface area (Å²) in [5.74, 6) is 1.07. The van der Waals surface area contributed by atoms with Gasteiger partial charge in [-0.2, -0.15) is 0 Å². The van der Waals surface area contributed by atoms with E-state index in [1.165, 1.54) is 5.56 Å². The van der Waals surface area contributed by atoms with Crippen LogP contribution in [0.2, 0.25) is 0 Å². The first kappa shape index (κ1) is 10.7. The zero-order chi connectivity index (χ0) is 10.7. The molecule has 2 atom stereocenters. The maximum Gasteiger partial charge on any atom is 0.0474 e. The van der Waals surface area contributed by atoms with Crippen molar-refractivity contribution in [2.24, 2.45) is 11.8 Å². The lowest BCUT2D eigenvalue weighted by molar-refractivity contribution is 0.202. The molecule has 82 valence electrons. The van der Waals surface area contributed by atoms with Gasteiger partial charge in [-0.15, -0.1) is 0 Å². The third-order valence-corrected chi connectivity index (χ3v) is 3.33. The van der Waals surface area contributed by atoms with Gasteiger partial charge in [0, 0.05) is 19.7 Å². The van der Waals surface area contributed by atoms with E-state index in [2.05, 4.69) is 36.2 Å². The Morgan fingerprint density at radius 2 is 1.87 bits per heavy atom. The molecule has 0 saturated carbocycles. The number of aliphatic hydroxyl groups is 1. The van der Waals surface area contributed by atoms with Gasteiger partial charge in [-0.3, -0.25) is 0 Å². The maximum atomic E-state index is 9.31. The first-order valence-corrected chi connectivity index (χ1v) is 5.63. The Hall–Kier alpha value is -0.860. The van der Waals surface area contributed by atoms with Crippen molar-refractivity contribution in [1.29, 1.82) is 0 Å². The normalized spacial score (nSPS) is 27.1. The fourth-order valence-electron chi connectivity index (χ4n) is 2.53. The molecule has 2 rings (SSSR count). The van der Waals surface area contributed by atoms with Crippen LogP contribution in [0, 0.1) is 11.8 Å². The van der Waals surface area contributed by atoms with Gasteiger partial charge in [-0.05, 0) is 30.9 Å². The predicted molar refractivity (Wildman–Crippen MR) is 61.7 cm³/mol. The highest BCUT2D eigenvalue weighted by atomic mass is 16.3. The van der Waals surface area contributed by atoms with E-state index in [9.17, 15) is 5.11 Å². The Bertz CT molecular complexity index is 299. The van der Waals surface area contributed by atoms with Crippen LogP contribution >= 0.6 is 0 Å². The minimum atomic E-state index is 0.321. The topological polar surface area (TPSA) is 23.5 Å². The van der Waals surface area contributed by atoms with E-state index in [1.54, 1.807) is 0 Å². The van der Waals surface area contributed by atoms with Crippen molar-refractivity contribution in [2.75, 3.05) is 26.7 Å². The number of nitrogens with zero attached hydrogens (tertiary/aromatic N) is 1. The molecule has 1 aromatic rings. The van der Waals surface area contributed by atoms with E-state index in [1.807, 2.05) is 6.07 Å². The second kappa shape index (κ2) is 4.77. The van der Waals surface area contributed by atoms with Crippen LogP contribution in [0.1, 0.15) is 5.56 Å². The SMILES string of the molecule is CN1CC(CO)[C@@H](Cc2ccccc2)C1. The second-order valence-electron chi connectivity index (χ2n) is 4.61. The van der Waals surface area contributed by atoms with E-state index in [4.69, 9.17) is 0 Å². The maximum absolute atomic E-state index is 9.31. The van der Waals surface area contributed by atoms with Crippen molar-refractivity contribution >= 4 is 0 Å². The van der Waals surface area contributed by atoms with Crippen molar-refractivity contribution < 1.29 is 5.11 Å². The van der Waals surface area contributed by atoms with Crippen molar-refractivity contribution in [3.05, 3.63) is 35.9 Å². The fraction of sp³-hybridized carbons (Fsp3) is 0.538. The average Bonchev–Trinajstić information content (AvgIpc) is 2.60. The summed E-state index contributed by atoms with van der Waals surface area (Å²) in [6, 6.07) is 10.6. The molecule has 1 heterocycles. The summed E-state index contributed by atoms with van der Waals surface area (Å²) in [5, 5.41) is 9.31. The van der Waals surface area contributed by atoms with Crippen molar-refractivity contribution in [3.8, 4) is 0 Å². The molecule has 1 N–H and O–H groups in total. The van der Waals surface area contributed by atoms with E-state index in [0.717, 1.165) is 19.5 Å². The van der Waals surface area contributed by atoms with Crippen molar-refractivity contribution in [1.82, 2.24) is 4.90 Å². The van der Waals surface area contributed by atoms with Crippen LogP contribution in [0.4, 0.5) is 0 Å². The number of rotatable bonds is 3. The van der Waals surface area contributed by atoms with Crippen LogP contribution in [0.5, 0.6) is 0 Å². The lowest BCUT2D eigenvalue weighted by Gasteiger charge is -2.15. The highest BCUT2D eigenvalue weighted by Crippen LogP contribution is 2.25. The highest BCUT2D eigenvalue weighted by Gasteiger charge is 2.29. The first-order chi connectivity index (χ1) is 7.29. The molecule has 2 nitrogen and oxygen atoms in total. The van der Waals surface area contributed by atoms with E-state index < -0.39 is 0 Å². The predicted octanol–water partition coefficient (Wildman–Crippen LogP) is 1.40. The van der Waals surface area contributed by atoms with Crippen molar-refractivity contribution in [2.45, 2.75) is 6.42 Å². The van der Waals surface area contributed by atoms with Gasteiger partial charge >= 0.3 is 0 Å². The number of hydrogen-bond donors (Lipinski definition) is 1. The Labute approximate surface area is 91.5 Å². The lowest BCUT2D eigenvalue weighted by Crippen LogP contribution is -2.18. The number of benzene rings is 1. The Morgan fingerprint density at radius 1 is 1.20 bits per heavy atom. The number of likely N-dealkylation sites (tertiary alicyclic amines) is 1. The summed E-state index contributed by atoms with van der Waals surface area (Å²) < 4.78 is 0. The summed E-state index contributed by atoms with van der Waals surface area (Å²) in [4.78, 5) is 2.31. The Kier molecular flexibility index (Phi) is 3.39. The molecule has 0 radical (unpaired) electrons. The van der Waals surface area contributed by atoms with Gasteiger partial charge in [0.15, 0.2) is 0 Å². The summed E-state index contributed by atoms with van der Waals surface area (Å²) in [6.07, 6.45) is 1.09. The van der Waals surface area contributed by atoms with Gasteiger partial charge in [-0.25, -0.2) is 0 Å². The van der Waals surface area contributed by atoms with Gasteiger partial charge in [-0.1, -0.05) is 30.3 Å². The molecule has 15 heavy (non-hydrogen) atoms. The molecule has 2 heteroatoms. The second-order valence-corrected chi connectivity index (χ2v) is 4.61. The Balaban J connectivity index is 2.00. The van der Waals surface area contributed by atoms with Crippen LogP contribution in [-0.4, -0.2) is 36.8 Å². The van der Waals surface area contributed by atoms with Gasteiger partial charge in [0.25, 0.3) is 0 Å². The molecule has 0 aliphatic carbocycles. The average molecular weight is 205 g/mol.